The maximum Gasteiger partial charge on any atom is 0.0339 e. The summed E-state index contributed by atoms with van der Waals surface area (Å²) in [6.07, 6.45) is 1.07. The molecular formula is C6H12N2. The maximum absolute atomic E-state index is 5.54. The van der Waals surface area contributed by atoms with E-state index in [0.717, 1.165) is 13.0 Å². The third kappa shape index (κ3) is 0.904. The molecule has 0 unspecified atom stereocenters. The second kappa shape index (κ2) is 1.88. The average Bonchev–Trinajstić information content (AvgIpc) is 1.85. The van der Waals surface area contributed by atoms with E-state index < -0.39 is 0 Å². The Morgan fingerprint density at radius 2 is 2.50 bits per heavy atom. The standard InChI is InChI=1S/C6H12N2/c1-5-3-6(2)8(7)4-5/h6H,1,3-4,7H2,2H3/t6-/m1/s1. The molecular weight excluding hydrogens is 100 g/mol. The fourth-order valence-electron chi connectivity index (χ4n) is 1.01. The fraction of sp³-hybridized carbons (Fsp3) is 0.667. The van der Waals surface area contributed by atoms with Crippen LogP contribution in [0.2, 0.25) is 0 Å². The smallest absolute Gasteiger partial charge is 0.0339 e. The molecule has 0 aromatic carbocycles. The first-order valence-corrected chi connectivity index (χ1v) is 2.88. The molecule has 2 nitrogen and oxygen atoms in total. The molecule has 0 saturated carbocycles. The van der Waals surface area contributed by atoms with Crippen LogP contribution in [0.3, 0.4) is 0 Å². The first kappa shape index (κ1) is 5.79. The Hall–Kier alpha value is -0.340. The zero-order valence-electron chi connectivity index (χ0n) is 5.22. The van der Waals surface area contributed by atoms with Gasteiger partial charge in [-0.3, -0.25) is 5.84 Å². The molecule has 0 radical (unpaired) electrons. The molecule has 1 rings (SSSR count). The predicted molar refractivity (Wildman–Crippen MR) is 34.1 cm³/mol. The minimum atomic E-state index is 0.502. The molecule has 1 atom stereocenters. The van der Waals surface area contributed by atoms with Crippen molar-refractivity contribution in [2.45, 2.75) is 19.4 Å². The molecule has 0 spiro atoms. The van der Waals surface area contributed by atoms with Crippen LogP contribution in [-0.2, 0) is 0 Å². The Labute approximate surface area is 49.9 Å². The molecule has 0 aromatic rings. The van der Waals surface area contributed by atoms with Gasteiger partial charge in [0, 0.05) is 12.6 Å². The van der Waals surface area contributed by atoms with Crippen molar-refractivity contribution in [1.82, 2.24) is 5.01 Å². The van der Waals surface area contributed by atoms with Crippen LogP contribution in [0.4, 0.5) is 0 Å². The third-order valence-corrected chi connectivity index (χ3v) is 1.56. The summed E-state index contributed by atoms with van der Waals surface area (Å²) in [6.45, 7) is 6.82. The SMILES string of the molecule is C=C1C[C@@H](C)N(N)C1. The van der Waals surface area contributed by atoms with E-state index >= 15 is 0 Å². The van der Waals surface area contributed by atoms with E-state index in [4.69, 9.17) is 5.84 Å². The van der Waals surface area contributed by atoms with Crippen molar-refractivity contribution in [2.75, 3.05) is 6.54 Å². The van der Waals surface area contributed by atoms with Crippen LogP contribution in [0, 0.1) is 0 Å². The number of hydrazine groups is 1. The number of nitrogens with two attached hydrogens (primary N) is 1. The van der Waals surface area contributed by atoms with Crippen molar-refractivity contribution in [3.8, 4) is 0 Å². The maximum atomic E-state index is 5.54. The number of hydrogen-bond acceptors (Lipinski definition) is 2. The van der Waals surface area contributed by atoms with Crippen LogP contribution in [0.5, 0.6) is 0 Å². The summed E-state index contributed by atoms with van der Waals surface area (Å²) in [5, 5.41) is 1.82. The second-order valence-corrected chi connectivity index (χ2v) is 2.48. The van der Waals surface area contributed by atoms with Gasteiger partial charge in [0.05, 0.1) is 0 Å². The van der Waals surface area contributed by atoms with E-state index in [0.29, 0.717) is 6.04 Å². The van der Waals surface area contributed by atoms with Gasteiger partial charge >= 0.3 is 0 Å². The molecule has 1 aliphatic heterocycles. The lowest BCUT2D eigenvalue weighted by molar-refractivity contribution is 0.281. The Kier molecular flexibility index (Phi) is 1.36. The van der Waals surface area contributed by atoms with Crippen molar-refractivity contribution in [3.05, 3.63) is 12.2 Å². The molecule has 2 N–H and O–H groups in total. The minimum absolute atomic E-state index is 0.502. The van der Waals surface area contributed by atoms with Gasteiger partial charge in [0.15, 0.2) is 0 Å². The monoisotopic (exact) mass is 112 g/mol. The predicted octanol–water partition coefficient (Wildman–Crippen LogP) is 0.511. The summed E-state index contributed by atoms with van der Waals surface area (Å²) in [4.78, 5) is 0. The quantitative estimate of drug-likeness (QED) is 0.365. The highest BCUT2D eigenvalue weighted by Crippen LogP contribution is 2.15. The molecule has 1 saturated heterocycles. The lowest BCUT2D eigenvalue weighted by Gasteiger charge is -2.11. The van der Waals surface area contributed by atoms with Crippen molar-refractivity contribution >= 4 is 0 Å². The van der Waals surface area contributed by atoms with E-state index in [1.165, 1.54) is 5.57 Å². The molecule has 0 amide bonds. The van der Waals surface area contributed by atoms with Gasteiger partial charge in [0.2, 0.25) is 0 Å². The summed E-state index contributed by atoms with van der Waals surface area (Å²) in [6, 6.07) is 0.502. The van der Waals surface area contributed by atoms with E-state index in [1.54, 1.807) is 0 Å². The summed E-state index contributed by atoms with van der Waals surface area (Å²) in [7, 11) is 0. The van der Waals surface area contributed by atoms with Gasteiger partial charge in [-0.2, -0.15) is 0 Å². The van der Waals surface area contributed by atoms with E-state index in [9.17, 15) is 0 Å². The van der Waals surface area contributed by atoms with Gasteiger partial charge in [-0.05, 0) is 13.3 Å². The van der Waals surface area contributed by atoms with Crippen molar-refractivity contribution in [1.29, 1.82) is 0 Å². The van der Waals surface area contributed by atoms with Crippen molar-refractivity contribution in [2.24, 2.45) is 5.84 Å². The van der Waals surface area contributed by atoms with Crippen LogP contribution < -0.4 is 5.84 Å². The van der Waals surface area contributed by atoms with Gasteiger partial charge < -0.3 is 0 Å². The van der Waals surface area contributed by atoms with Crippen LogP contribution in [0.25, 0.3) is 0 Å². The zero-order chi connectivity index (χ0) is 6.15. The molecule has 2 heteroatoms. The largest absolute Gasteiger partial charge is 0.268 e. The minimum Gasteiger partial charge on any atom is -0.268 e. The van der Waals surface area contributed by atoms with Crippen LogP contribution in [-0.4, -0.2) is 17.6 Å². The highest BCUT2D eigenvalue weighted by molar-refractivity contribution is 5.05. The van der Waals surface area contributed by atoms with Gasteiger partial charge in [-0.25, -0.2) is 5.01 Å². The summed E-state index contributed by atoms with van der Waals surface area (Å²) >= 11 is 0. The van der Waals surface area contributed by atoms with Crippen LogP contribution in [0.15, 0.2) is 12.2 Å². The van der Waals surface area contributed by atoms with E-state index in [1.807, 2.05) is 5.01 Å². The third-order valence-electron chi connectivity index (χ3n) is 1.56. The fourth-order valence-corrected chi connectivity index (χ4v) is 1.01. The first-order chi connectivity index (χ1) is 3.70. The summed E-state index contributed by atoms with van der Waals surface area (Å²) < 4.78 is 0. The Balaban J connectivity index is 2.51. The molecule has 1 fully saturated rings. The Morgan fingerprint density at radius 1 is 1.88 bits per heavy atom. The van der Waals surface area contributed by atoms with Gasteiger partial charge in [-0.1, -0.05) is 12.2 Å². The van der Waals surface area contributed by atoms with Gasteiger partial charge in [0.25, 0.3) is 0 Å². The first-order valence-electron chi connectivity index (χ1n) is 2.88. The van der Waals surface area contributed by atoms with E-state index in [-0.39, 0.29) is 0 Å². The summed E-state index contributed by atoms with van der Waals surface area (Å²) in [5.41, 5.74) is 1.25. The van der Waals surface area contributed by atoms with Crippen LogP contribution in [0.1, 0.15) is 13.3 Å². The zero-order valence-corrected chi connectivity index (χ0v) is 5.22. The molecule has 8 heavy (non-hydrogen) atoms. The number of nitrogens with zero attached hydrogens (tertiary/aromatic N) is 1. The van der Waals surface area contributed by atoms with Crippen LogP contribution >= 0.6 is 0 Å². The van der Waals surface area contributed by atoms with Crippen molar-refractivity contribution in [3.63, 3.8) is 0 Å². The summed E-state index contributed by atoms with van der Waals surface area (Å²) in [5.74, 6) is 5.54. The number of hydrogen-bond donors (Lipinski definition) is 1. The lowest BCUT2D eigenvalue weighted by Crippen LogP contribution is -2.33. The molecule has 0 aliphatic carbocycles. The lowest BCUT2D eigenvalue weighted by atomic mass is 10.2. The van der Waals surface area contributed by atoms with E-state index in [2.05, 4.69) is 13.5 Å². The molecule has 0 aromatic heterocycles. The Morgan fingerprint density at radius 3 is 2.62 bits per heavy atom. The Bertz CT molecular complexity index is 97.1. The molecule has 1 aliphatic rings. The highest BCUT2D eigenvalue weighted by Gasteiger charge is 2.18. The highest BCUT2D eigenvalue weighted by atomic mass is 15.4. The average molecular weight is 112 g/mol. The second-order valence-electron chi connectivity index (χ2n) is 2.48. The molecule has 46 valence electrons. The normalized spacial score (nSPS) is 31.8. The van der Waals surface area contributed by atoms with Gasteiger partial charge in [0.1, 0.15) is 0 Å². The molecule has 0 bridgehead atoms. The number of rotatable bonds is 0. The topological polar surface area (TPSA) is 29.3 Å². The van der Waals surface area contributed by atoms with Crippen molar-refractivity contribution < 1.29 is 0 Å². The molecule has 1 heterocycles. The van der Waals surface area contributed by atoms with Gasteiger partial charge in [-0.15, -0.1) is 0 Å².